The van der Waals surface area contributed by atoms with Gasteiger partial charge in [0.2, 0.25) is 0 Å². The van der Waals surface area contributed by atoms with Gasteiger partial charge >= 0.3 is 0 Å². The Morgan fingerprint density at radius 1 is 1.22 bits per heavy atom. The number of aromatic nitrogens is 2. The summed E-state index contributed by atoms with van der Waals surface area (Å²) in [5.74, 6) is -1.94. The summed E-state index contributed by atoms with van der Waals surface area (Å²) in [6.45, 7) is 2.83. The van der Waals surface area contributed by atoms with Crippen LogP contribution in [0.2, 0.25) is 5.02 Å². The second kappa shape index (κ2) is 6.64. The summed E-state index contributed by atoms with van der Waals surface area (Å²) in [5, 5.41) is 4.68. The molecule has 1 aliphatic rings. The van der Waals surface area contributed by atoms with E-state index < -0.39 is 17.5 Å². The molecule has 23 heavy (non-hydrogen) atoms. The highest BCUT2D eigenvalue weighted by Gasteiger charge is 2.24. The molecule has 1 fully saturated rings. The minimum absolute atomic E-state index is 0.0984. The molecule has 2 heterocycles. The average Bonchev–Trinajstić information content (AvgIpc) is 2.92. The van der Waals surface area contributed by atoms with E-state index in [2.05, 4.69) is 10.00 Å². The molecular formula is C15H15ClF2N4O. The number of rotatable bonds is 3. The van der Waals surface area contributed by atoms with E-state index in [1.165, 1.54) is 6.07 Å². The zero-order chi connectivity index (χ0) is 16.4. The second-order valence-electron chi connectivity index (χ2n) is 5.37. The molecule has 1 aromatic heterocycles. The summed E-state index contributed by atoms with van der Waals surface area (Å²) in [5.41, 5.74) is -0.0984. The Bertz CT molecular complexity index is 713. The predicted molar refractivity (Wildman–Crippen MR) is 81.1 cm³/mol. The van der Waals surface area contributed by atoms with Crippen LogP contribution in [0.15, 0.2) is 30.6 Å². The first-order valence-corrected chi connectivity index (χ1v) is 7.55. The van der Waals surface area contributed by atoms with Crippen molar-refractivity contribution in [1.82, 2.24) is 19.6 Å². The molecular weight excluding hydrogens is 326 g/mol. The number of hydrogen-bond acceptors (Lipinski definition) is 3. The number of benzene rings is 1. The fourth-order valence-corrected chi connectivity index (χ4v) is 2.70. The van der Waals surface area contributed by atoms with Gasteiger partial charge in [-0.25, -0.2) is 8.78 Å². The molecule has 5 nitrogen and oxygen atoms in total. The van der Waals surface area contributed by atoms with E-state index in [-0.39, 0.29) is 5.56 Å². The van der Waals surface area contributed by atoms with Gasteiger partial charge in [0.15, 0.2) is 0 Å². The van der Waals surface area contributed by atoms with Gasteiger partial charge in [0.25, 0.3) is 5.91 Å². The van der Waals surface area contributed by atoms with Crippen LogP contribution >= 0.6 is 11.6 Å². The third-order valence-electron chi connectivity index (χ3n) is 3.77. The van der Waals surface area contributed by atoms with E-state index >= 15 is 0 Å². The molecule has 122 valence electrons. The van der Waals surface area contributed by atoms with E-state index in [4.69, 9.17) is 11.6 Å². The van der Waals surface area contributed by atoms with Gasteiger partial charge in [0.05, 0.1) is 23.5 Å². The van der Waals surface area contributed by atoms with Gasteiger partial charge in [-0.3, -0.25) is 14.4 Å². The summed E-state index contributed by atoms with van der Waals surface area (Å²) < 4.78 is 28.3. The Hall–Kier alpha value is -1.99. The summed E-state index contributed by atoms with van der Waals surface area (Å²) in [6, 6.07) is 3.00. The van der Waals surface area contributed by atoms with Gasteiger partial charge in [-0.15, -0.1) is 0 Å². The Morgan fingerprint density at radius 3 is 2.57 bits per heavy atom. The van der Waals surface area contributed by atoms with Crippen molar-refractivity contribution in [2.24, 2.45) is 0 Å². The standard InChI is InChI=1S/C15H15ClF2N4O/c16-11-8-19-22(9-11)10-20-3-5-21(6-4-20)15(23)13-2-1-12(17)7-14(13)18/h1-2,7-9H,3-6,10H2. The lowest BCUT2D eigenvalue weighted by Gasteiger charge is -2.34. The predicted octanol–water partition coefficient (Wildman–Crippen LogP) is 2.23. The summed E-state index contributed by atoms with van der Waals surface area (Å²) >= 11 is 5.82. The average molecular weight is 341 g/mol. The van der Waals surface area contributed by atoms with Crippen molar-refractivity contribution in [3.63, 3.8) is 0 Å². The minimum Gasteiger partial charge on any atom is -0.336 e. The maximum absolute atomic E-state index is 13.7. The number of nitrogens with zero attached hydrogens (tertiary/aromatic N) is 4. The molecule has 0 saturated carbocycles. The van der Waals surface area contributed by atoms with Crippen molar-refractivity contribution in [2.75, 3.05) is 26.2 Å². The fraction of sp³-hybridized carbons (Fsp3) is 0.333. The van der Waals surface area contributed by atoms with Crippen LogP contribution in [-0.2, 0) is 6.67 Å². The highest BCUT2D eigenvalue weighted by Crippen LogP contribution is 2.14. The third kappa shape index (κ3) is 3.68. The smallest absolute Gasteiger partial charge is 0.256 e. The first-order valence-electron chi connectivity index (χ1n) is 7.17. The lowest BCUT2D eigenvalue weighted by atomic mass is 10.1. The van der Waals surface area contributed by atoms with Crippen molar-refractivity contribution >= 4 is 17.5 Å². The van der Waals surface area contributed by atoms with Gasteiger partial charge in [0.1, 0.15) is 11.6 Å². The molecule has 0 spiro atoms. The minimum atomic E-state index is -0.830. The van der Waals surface area contributed by atoms with Gasteiger partial charge in [-0.1, -0.05) is 11.6 Å². The Balaban J connectivity index is 1.59. The first kappa shape index (κ1) is 15.9. The lowest BCUT2D eigenvalue weighted by Crippen LogP contribution is -2.49. The van der Waals surface area contributed by atoms with Crippen molar-refractivity contribution in [2.45, 2.75) is 6.67 Å². The molecule has 1 aromatic carbocycles. The number of carbonyl (C=O) groups is 1. The molecule has 1 amide bonds. The third-order valence-corrected chi connectivity index (χ3v) is 3.96. The van der Waals surface area contributed by atoms with E-state index in [0.717, 1.165) is 12.1 Å². The molecule has 0 bridgehead atoms. The van der Waals surface area contributed by atoms with Gasteiger partial charge in [-0.2, -0.15) is 5.10 Å². The van der Waals surface area contributed by atoms with Crippen molar-refractivity contribution in [3.8, 4) is 0 Å². The monoisotopic (exact) mass is 340 g/mol. The molecule has 8 heteroatoms. The Labute approximate surface area is 137 Å². The molecule has 0 unspecified atom stereocenters. The largest absolute Gasteiger partial charge is 0.336 e. The number of carbonyl (C=O) groups excluding carboxylic acids is 1. The van der Waals surface area contributed by atoms with Gasteiger partial charge < -0.3 is 4.90 Å². The molecule has 1 saturated heterocycles. The Kier molecular flexibility index (Phi) is 4.58. The second-order valence-corrected chi connectivity index (χ2v) is 5.81. The SMILES string of the molecule is O=C(c1ccc(F)cc1F)N1CCN(Cn2cc(Cl)cn2)CC1. The molecule has 2 aromatic rings. The maximum Gasteiger partial charge on any atom is 0.256 e. The molecule has 1 aliphatic heterocycles. The van der Waals surface area contributed by atoms with Crippen LogP contribution in [0.1, 0.15) is 10.4 Å². The molecule has 3 rings (SSSR count). The van der Waals surface area contributed by atoms with Crippen molar-refractivity contribution in [3.05, 3.63) is 52.8 Å². The van der Waals surface area contributed by atoms with E-state index in [1.807, 2.05) is 0 Å². The van der Waals surface area contributed by atoms with Crippen LogP contribution in [0.25, 0.3) is 0 Å². The van der Waals surface area contributed by atoms with Crippen LogP contribution in [0.3, 0.4) is 0 Å². The van der Waals surface area contributed by atoms with E-state index in [1.54, 1.807) is 22.0 Å². The number of halogens is 3. The summed E-state index contributed by atoms with van der Waals surface area (Å²) in [7, 11) is 0. The first-order chi connectivity index (χ1) is 11.0. The van der Waals surface area contributed by atoms with Crippen LogP contribution in [-0.4, -0.2) is 51.7 Å². The van der Waals surface area contributed by atoms with Gasteiger partial charge in [-0.05, 0) is 12.1 Å². The topological polar surface area (TPSA) is 41.4 Å². The molecule has 0 radical (unpaired) electrons. The van der Waals surface area contributed by atoms with E-state index in [0.29, 0.717) is 37.9 Å². The van der Waals surface area contributed by atoms with Gasteiger partial charge in [0, 0.05) is 38.4 Å². The van der Waals surface area contributed by atoms with Crippen LogP contribution < -0.4 is 0 Å². The Morgan fingerprint density at radius 2 is 1.96 bits per heavy atom. The van der Waals surface area contributed by atoms with Crippen LogP contribution in [0.5, 0.6) is 0 Å². The lowest BCUT2D eigenvalue weighted by molar-refractivity contribution is 0.0582. The molecule has 0 aliphatic carbocycles. The normalized spacial score (nSPS) is 15.9. The number of piperazine rings is 1. The number of hydrogen-bond donors (Lipinski definition) is 0. The molecule has 0 N–H and O–H groups in total. The van der Waals surface area contributed by atoms with Crippen LogP contribution in [0.4, 0.5) is 8.78 Å². The summed E-state index contributed by atoms with van der Waals surface area (Å²) in [6.07, 6.45) is 3.30. The number of amides is 1. The van der Waals surface area contributed by atoms with Crippen molar-refractivity contribution in [1.29, 1.82) is 0 Å². The van der Waals surface area contributed by atoms with Crippen LogP contribution in [0, 0.1) is 11.6 Å². The quantitative estimate of drug-likeness (QED) is 0.860. The highest BCUT2D eigenvalue weighted by molar-refractivity contribution is 6.30. The van der Waals surface area contributed by atoms with E-state index in [9.17, 15) is 13.6 Å². The van der Waals surface area contributed by atoms with Crippen molar-refractivity contribution < 1.29 is 13.6 Å². The zero-order valence-corrected chi connectivity index (χ0v) is 13.0. The fourth-order valence-electron chi connectivity index (χ4n) is 2.55. The maximum atomic E-state index is 13.7. The highest BCUT2D eigenvalue weighted by atomic mass is 35.5. The summed E-state index contributed by atoms with van der Waals surface area (Å²) in [4.78, 5) is 16.0. The molecule has 0 atom stereocenters. The zero-order valence-electron chi connectivity index (χ0n) is 12.3.